The fraction of sp³-hybridized carbons (Fsp3) is 0.818. The minimum atomic E-state index is -0.584. The van der Waals surface area contributed by atoms with Crippen LogP contribution >= 0.6 is 0 Å². The summed E-state index contributed by atoms with van der Waals surface area (Å²) in [4.78, 5) is 2.22. The molecular formula is C11H21NO2. The van der Waals surface area contributed by atoms with E-state index in [1.54, 1.807) is 0 Å². The zero-order valence-electron chi connectivity index (χ0n) is 9.45. The number of ether oxygens (including phenoxy) is 2. The molecule has 0 bridgehead atoms. The van der Waals surface area contributed by atoms with E-state index in [9.17, 15) is 0 Å². The number of hydrogen-bond acceptors (Lipinski definition) is 3. The molecule has 0 aromatic rings. The van der Waals surface area contributed by atoms with Crippen LogP contribution in [0.5, 0.6) is 0 Å². The Morgan fingerprint density at radius 3 is 2.36 bits per heavy atom. The Balaban J connectivity index is 2.66. The summed E-state index contributed by atoms with van der Waals surface area (Å²) in [5, 5.41) is 0. The molecule has 0 amide bonds. The fourth-order valence-corrected chi connectivity index (χ4v) is 1.81. The maximum absolute atomic E-state index is 5.71. The van der Waals surface area contributed by atoms with Crippen LogP contribution in [0.4, 0.5) is 0 Å². The number of hydrogen-bond donors (Lipinski definition) is 0. The Labute approximate surface area is 86.7 Å². The largest absolute Gasteiger partial charge is 0.334 e. The summed E-state index contributed by atoms with van der Waals surface area (Å²) in [7, 11) is 0. The van der Waals surface area contributed by atoms with Crippen molar-refractivity contribution in [3.05, 3.63) is 12.2 Å². The van der Waals surface area contributed by atoms with Crippen LogP contribution in [0.3, 0.4) is 0 Å². The van der Waals surface area contributed by atoms with Crippen molar-refractivity contribution in [3.63, 3.8) is 0 Å². The molecule has 0 fully saturated rings. The van der Waals surface area contributed by atoms with E-state index in [0.29, 0.717) is 13.2 Å². The summed E-state index contributed by atoms with van der Waals surface area (Å²) in [5.74, 6) is -0.584. The summed E-state index contributed by atoms with van der Waals surface area (Å²) in [5.41, 5.74) is 0. The molecule has 3 nitrogen and oxygen atoms in total. The summed E-state index contributed by atoms with van der Waals surface area (Å²) >= 11 is 0. The van der Waals surface area contributed by atoms with Gasteiger partial charge in [0.1, 0.15) is 0 Å². The van der Waals surface area contributed by atoms with Crippen LogP contribution in [0.1, 0.15) is 27.2 Å². The minimum absolute atomic E-state index is 0.584. The summed E-state index contributed by atoms with van der Waals surface area (Å²) in [6, 6.07) is 0. The first-order valence-electron chi connectivity index (χ1n) is 5.49. The Bertz CT molecular complexity index is 186. The molecule has 0 aromatic heterocycles. The molecule has 0 radical (unpaired) electrons. The Kier molecular flexibility index (Phi) is 4.58. The van der Waals surface area contributed by atoms with Gasteiger partial charge >= 0.3 is 0 Å². The van der Waals surface area contributed by atoms with Crippen LogP contribution in [0, 0.1) is 0 Å². The summed E-state index contributed by atoms with van der Waals surface area (Å²) in [6.45, 7) is 9.44. The molecule has 14 heavy (non-hydrogen) atoms. The third-order valence-electron chi connectivity index (χ3n) is 2.29. The van der Waals surface area contributed by atoms with Crippen LogP contribution < -0.4 is 0 Å². The van der Waals surface area contributed by atoms with Gasteiger partial charge in [0.15, 0.2) is 0 Å². The van der Waals surface area contributed by atoms with Gasteiger partial charge in [0, 0.05) is 26.3 Å². The van der Waals surface area contributed by atoms with E-state index in [4.69, 9.17) is 9.47 Å². The lowest BCUT2D eigenvalue weighted by Crippen LogP contribution is -2.49. The van der Waals surface area contributed by atoms with Crippen molar-refractivity contribution in [3.8, 4) is 0 Å². The molecule has 1 rings (SSSR count). The van der Waals surface area contributed by atoms with Gasteiger partial charge in [0.2, 0.25) is 0 Å². The molecule has 82 valence electrons. The molecule has 0 spiro atoms. The first-order chi connectivity index (χ1) is 6.79. The molecule has 3 heteroatoms. The van der Waals surface area contributed by atoms with Gasteiger partial charge in [-0.2, -0.15) is 0 Å². The van der Waals surface area contributed by atoms with Crippen molar-refractivity contribution in [2.24, 2.45) is 0 Å². The average Bonchev–Trinajstić information content (AvgIpc) is 2.51. The molecule has 0 unspecified atom stereocenters. The van der Waals surface area contributed by atoms with E-state index in [0.717, 1.165) is 19.5 Å². The number of nitrogens with zero attached hydrogens (tertiary/aromatic N) is 1. The van der Waals surface area contributed by atoms with Crippen molar-refractivity contribution in [1.29, 1.82) is 0 Å². The van der Waals surface area contributed by atoms with Crippen molar-refractivity contribution in [1.82, 2.24) is 4.90 Å². The van der Waals surface area contributed by atoms with Crippen LogP contribution in [0.2, 0.25) is 0 Å². The van der Waals surface area contributed by atoms with Gasteiger partial charge in [-0.15, -0.1) is 0 Å². The van der Waals surface area contributed by atoms with Gasteiger partial charge in [0.05, 0.1) is 0 Å². The van der Waals surface area contributed by atoms with Gasteiger partial charge in [-0.1, -0.05) is 13.0 Å². The first kappa shape index (κ1) is 11.7. The second-order valence-electron chi connectivity index (χ2n) is 3.35. The lowest BCUT2D eigenvalue weighted by Gasteiger charge is -2.36. The highest BCUT2D eigenvalue weighted by Crippen LogP contribution is 2.26. The lowest BCUT2D eigenvalue weighted by molar-refractivity contribution is -0.274. The Morgan fingerprint density at radius 2 is 1.86 bits per heavy atom. The SMILES string of the molecule is CCCN1CC=CC1(OCC)OCC. The van der Waals surface area contributed by atoms with Gasteiger partial charge in [0.25, 0.3) is 5.91 Å². The van der Waals surface area contributed by atoms with E-state index in [1.165, 1.54) is 0 Å². The van der Waals surface area contributed by atoms with Gasteiger partial charge in [-0.3, -0.25) is 0 Å². The van der Waals surface area contributed by atoms with E-state index in [-0.39, 0.29) is 0 Å². The van der Waals surface area contributed by atoms with Crippen LogP contribution in [0.25, 0.3) is 0 Å². The molecule has 1 aliphatic rings. The predicted molar refractivity (Wildman–Crippen MR) is 57.0 cm³/mol. The highest BCUT2D eigenvalue weighted by atomic mass is 16.7. The highest BCUT2D eigenvalue weighted by molar-refractivity contribution is 5.05. The molecule has 0 saturated carbocycles. The van der Waals surface area contributed by atoms with E-state index >= 15 is 0 Å². The third-order valence-corrected chi connectivity index (χ3v) is 2.29. The smallest absolute Gasteiger partial charge is 0.251 e. The van der Waals surface area contributed by atoms with Crippen molar-refractivity contribution < 1.29 is 9.47 Å². The molecule has 0 aliphatic carbocycles. The molecule has 0 saturated heterocycles. The highest BCUT2D eigenvalue weighted by Gasteiger charge is 2.38. The number of rotatable bonds is 6. The quantitative estimate of drug-likeness (QED) is 0.482. The van der Waals surface area contributed by atoms with E-state index in [2.05, 4.69) is 17.9 Å². The van der Waals surface area contributed by atoms with Crippen LogP contribution in [0.15, 0.2) is 12.2 Å². The summed E-state index contributed by atoms with van der Waals surface area (Å²) in [6.07, 6.45) is 5.25. The Morgan fingerprint density at radius 1 is 1.21 bits per heavy atom. The molecular weight excluding hydrogens is 178 g/mol. The molecule has 1 heterocycles. The zero-order valence-corrected chi connectivity index (χ0v) is 9.45. The first-order valence-corrected chi connectivity index (χ1v) is 5.49. The molecule has 1 aliphatic heterocycles. The Hall–Kier alpha value is -0.380. The average molecular weight is 199 g/mol. The lowest BCUT2D eigenvalue weighted by atomic mass is 10.4. The normalized spacial score (nSPS) is 20.5. The van der Waals surface area contributed by atoms with Crippen LogP contribution in [-0.4, -0.2) is 37.1 Å². The second kappa shape index (κ2) is 5.49. The van der Waals surface area contributed by atoms with Gasteiger partial charge < -0.3 is 9.47 Å². The summed E-state index contributed by atoms with van der Waals surface area (Å²) < 4.78 is 11.4. The second-order valence-corrected chi connectivity index (χ2v) is 3.35. The third kappa shape index (κ3) is 2.35. The van der Waals surface area contributed by atoms with Crippen LogP contribution in [-0.2, 0) is 9.47 Å². The van der Waals surface area contributed by atoms with E-state index < -0.39 is 5.91 Å². The predicted octanol–water partition coefficient (Wildman–Crippen LogP) is 1.99. The molecule has 0 aromatic carbocycles. The van der Waals surface area contributed by atoms with Crippen molar-refractivity contribution in [2.75, 3.05) is 26.3 Å². The van der Waals surface area contributed by atoms with Crippen molar-refractivity contribution in [2.45, 2.75) is 33.1 Å². The standard InChI is InChI=1S/C11H21NO2/c1-4-9-12-10-7-8-11(12,13-5-2)14-6-3/h7-8H,4-6,9-10H2,1-3H3. The fourth-order valence-electron chi connectivity index (χ4n) is 1.81. The maximum atomic E-state index is 5.71. The maximum Gasteiger partial charge on any atom is 0.251 e. The van der Waals surface area contributed by atoms with Gasteiger partial charge in [-0.25, -0.2) is 4.90 Å². The van der Waals surface area contributed by atoms with E-state index in [1.807, 2.05) is 19.9 Å². The van der Waals surface area contributed by atoms with Gasteiger partial charge in [-0.05, 0) is 26.3 Å². The topological polar surface area (TPSA) is 21.7 Å². The van der Waals surface area contributed by atoms with Crippen molar-refractivity contribution >= 4 is 0 Å². The molecule has 0 atom stereocenters. The zero-order chi connectivity index (χ0) is 10.4. The molecule has 0 N–H and O–H groups in total. The minimum Gasteiger partial charge on any atom is -0.334 e. The monoisotopic (exact) mass is 199 g/mol.